The van der Waals surface area contributed by atoms with Gasteiger partial charge in [-0.25, -0.2) is 0 Å². The van der Waals surface area contributed by atoms with Crippen molar-refractivity contribution in [2.24, 2.45) is 0 Å². The summed E-state index contributed by atoms with van der Waals surface area (Å²) in [6.45, 7) is 5.61. The summed E-state index contributed by atoms with van der Waals surface area (Å²) < 4.78 is 1.21. The van der Waals surface area contributed by atoms with Crippen LogP contribution in [0.4, 0.5) is 11.4 Å². The second-order valence-electron chi connectivity index (χ2n) is 8.00. The minimum absolute atomic E-state index is 0.583. The first-order valence-corrected chi connectivity index (χ1v) is 10.7. The Morgan fingerprint density at radius 3 is 2.48 bits per heavy atom. The van der Waals surface area contributed by atoms with Gasteiger partial charge in [-0.05, 0) is 30.3 Å². The van der Waals surface area contributed by atoms with E-state index in [4.69, 9.17) is 25.7 Å². The molecule has 1 fully saturated rings. The maximum atomic E-state index is 6.64. The molecule has 0 unspecified atom stereocenters. The van der Waals surface area contributed by atoms with Crippen LogP contribution >= 0.6 is 23.4 Å². The lowest BCUT2D eigenvalue weighted by Gasteiger charge is -2.43. The van der Waals surface area contributed by atoms with Crippen molar-refractivity contribution in [1.29, 1.82) is 0 Å². The SMILES string of the molecule is [CH][N+]1(C)CC[N+]([CH])(CCCN2c3ccccc3Sc3ccc(Cl)cc32)CC1. The third-order valence-electron chi connectivity index (χ3n) is 5.69. The third-order valence-corrected chi connectivity index (χ3v) is 7.05. The summed E-state index contributed by atoms with van der Waals surface area (Å²) in [5.41, 5.74) is 2.45. The molecule has 2 heterocycles. The van der Waals surface area contributed by atoms with Crippen LogP contribution in [-0.2, 0) is 0 Å². The summed E-state index contributed by atoms with van der Waals surface area (Å²) in [5, 5.41) is 0.775. The van der Waals surface area contributed by atoms with Crippen molar-refractivity contribution < 1.29 is 8.97 Å². The summed E-state index contributed by atoms with van der Waals surface area (Å²) in [7, 11) is 14.9. The number of piperazine rings is 1. The fourth-order valence-electron chi connectivity index (χ4n) is 3.89. The highest BCUT2D eigenvalue weighted by Crippen LogP contribution is 2.48. The zero-order valence-electron chi connectivity index (χ0n) is 15.8. The molecule has 1 saturated heterocycles. The molecule has 140 valence electrons. The van der Waals surface area contributed by atoms with Crippen molar-refractivity contribution in [2.45, 2.75) is 16.2 Å². The first-order chi connectivity index (χ1) is 12.9. The van der Waals surface area contributed by atoms with Crippen LogP contribution in [0.1, 0.15) is 6.42 Å². The minimum atomic E-state index is 0.583. The molecule has 2 aromatic carbocycles. The van der Waals surface area contributed by atoms with Crippen LogP contribution in [0.25, 0.3) is 0 Å². The Morgan fingerprint density at radius 1 is 1.00 bits per heavy atom. The third kappa shape index (κ3) is 4.14. The van der Waals surface area contributed by atoms with Crippen LogP contribution < -0.4 is 4.90 Å². The van der Waals surface area contributed by atoms with Crippen LogP contribution in [0.3, 0.4) is 0 Å². The van der Waals surface area contributed by atoms with Gasteiger partial charge in [-0.1, -0.05) is 35.5 Å². The van der Waals surface area contributed by atoms with Gasteiger partial charge < -0.3 is 13.9 Å². The summed E-state index contributed by atoms with van der Waals surface area (Å²) in [6, 6.07) is 14.7. The maximum absolute atomic E-state index is 6.64. The molecule has 5 heteroatoms. The molecule has 0 aliphatic carbocycles. The van der Waals surface area contributed by atoms with E-state index in [0.29, 0.717) is 8.97 Å². The Kier molecular flexibility index (Phi) is 5.19. The average Bonchev–Trinajstić information content (AvgIpc) is 2.64. The second-order valence-corrected chi connectivity index (χ2v) is 9.52. The standard InChI is InChI=1S/C22H26ClN3S/c1-25(2)13-15-26(3,16-14-25)12-6-11-24-19-7-4-5-8-21(19)27-22-10-9-18(23)17-20(22)24/h1,3-5,7-10,17H,6,11-16H2,2H3/q+2. The molecule has 0 bridgehead atoms. The molecule has 4 radical (unpaired) electrons. The molecular weight excluding hydrogens is 374 g/mol. The molecule has 0 atom stereocenters. The molecule has 2 aromatic rings. The monoisotopic (exact) mass is 399 g/mol. The van der Waals surface area contributed by atoms with E-state index < -0.39 is 0 Å². The molecule has 0 saturated carbocycles. The van der Waals surface area contributed by atoms with Gasteiger partial charge in [0, 0.05) is 27.8 Å². The molecule has 2 aliphatic rings. The second kappa shape index (κ2) is 7.32. The van der Waals surface area contributed by atoms with Crippen molar-refractivity contribution in [2.75, 3.05) is 51.2 Å². The fourth-order valence-corrected chi connectivity index (χ4v) is 5.13. The lowest BCUT2D eigenvalue weighted by atomic mass is 10.2. The van der Waals surface area contributed by atoms with E-state index in [-0.39, 0.29) is 0 Å². The number of quaternary nitrogens is 2. The lowest BCUT2D eigenvalue weighted by Crippen LogP contribution is -2.61. The largest absolute Gasteiger partial charge is 0.339 e. The summed E-state index contributed by atoms with van der Waals surface area (Å²) in [6.07, 6.45) is 1.02. The summed E-state index contributed by atoms with van der Waals surface area (Å²) in [5.74, 6) is 0. The van der Waals surface area contributed by atoms with E-state index >= 15 is 0 Å². The van der Waals surface area contributed by atoms with Gasteiger partial charge in [-0.15, -0.1) is 0 Å². The predicted octanol–water partition coefficient (Wildman–Crippen LogP) is 4.95. The number of fused-ring (bicyclic) bond motifs is 2. The Bertz CT molecular complexity index is 826. The Labute approximate surface area is 172 Å². The fraction of sp³-hybridized carbons (Fsp3) is 0.364. The number of hydrogen-bond acceptors (Lipinski definition) is 2. The van der Waals surface area contributed by atoms with Crippen LogP contribution in [0.5, 0.6) is 0 Å². The van der Waals surface area contributed by atoms with Crippen LogP contribution in [0.15, 0.2) is 52.3 Å². The Hall–Kier alpha value is -1.20. The molecule has 0 amide bonds. The average molecular weight is 400 g/mol. The highest BCUT2D eigenvalue weighted by atomic mass is 35.5. The van der Waals surface area contributed by atoms with Crippen LogP contribution in [0.2, 0.25) is 5.02 Å². The number of para-hydroxylation sites is 1. The molecule has 0 aromatic heterocycles. The van der Waals surface area contributed by atoms with Gasteiger partial charge in [0.2, 0.25) is 14.1 Å². The quantitative estimate of drug-likeness (QED) is 0.669. The molecule has 4 rings (SSSR count). The minimum Gasteiger partial charge on any atom is -0.339 e. The van der Waals surface area contributed by atoms with E-state index in [2.05, 4.69) is 48.3 Å². The van der Waals surface area contributed by atoms with Gasteiger partial charge >= 0.3 is 0 Å². The number of anilines is 2. The normalized spacial score (nSPS) is 20.1. The molecular formula is C22H26ClN3S+2. The zero-order chi connectivity index (χ0) is 19.1. The topological polar surface area (TPSA) is 3.24 Å². The van der Waals surface area contributed by atoms with Crippen molar-refractivity contribution in [3.05, 3.63) is 61.6 Å². The molecule has 3 nitrogen and oxygen atoms in total. The predicted molar refractivity (Wildman–Crippen MR) is 113 cm³/mol. The summed E-state index contributed by atoms with van der Waals surface area (Å²) in [4.78, 5) is 4.94. The van der Waals surface area contributed by atoms with E-state index in [1.807, 2.05) is 17.8 Å². The number of benzene rings is 2. The van der Waals surface area contributed by atoms with Crippen LogP contribution in [0, 0.1) is 14.1 Å². The van der Waals surface area contributed by atoms with Gasteiger partial charge in [0.15, 0.2) is 0 Å². The smallest absolute Gasteiger partial charge is 0.207 e. The molecule has 0 spiro atoms. The van der Waals surface area contributed by atoms with Crippen molar-refractivity contribution in [3.63, 3.8) is 0 Å². The zero-order valence-corrected chi connectivity index (χ0v) is 17.3. The van der Waals surface area contributed by atoms with Gasteiger partial charge in [0.1, 0.15) is 26.2 Å². The van der Waals surface area contributed by atoms with Crippen molar-refractivity contribution in [3.8, 4) is 0 Å². The van der Waals surface area contributed by atoms with Crippen LogP contribution in [-0.4, -0.2) is 55.3 Å². The van der Waals surface area contributed by atoms with E-state index in [0.717, 1.165) is 50.7 Å². The van der Waals surface area contributed by atoms with Gasteiger partial charge in [-0.3, -0.25) is 0 Å². The number of halogens is 1. The number of likely N-dealkylation sites (N-methyl/N-ethyl adjacent to an activating group) is 1. The maximum Gasteiger partial charge on any atom is 0.207 e. The van der Waals surface area contributed by atoms with Crippen molar-refractivity contribution in [1.82, 2.24) is 0 Å². The van der Waals surface area contributed by atoms with E-state index in [1.54, 1.807) is 0 Å². The first kappa shape index (κ1) is 19.1. The van der Waals surface area contributed by atoms with E-state index in [9.17, 15) is 0 Å². The highest BCUT2D eigenvalue weighted by molar-refractivity contribution is 7.99. The Morgan fingerprint density at radius 2 is 1.70 bits per heavy atom. The molecule has 0 N–H and O–H groups in total. The van der Waals surface area contributed by atoms with Gasteiger partial charge in [-0.2, -0.15) is 0 Å². The summed E-state index contributed by atoms with van der Waals surface area (Å²) >= 11 is 8.11. The lowest BCUT2D eigenvalue weighted by molar-refractivity contribution is -0.985. The van der Waals surface area contributed by atoms with Crippen molar-refractivity contribution >= 4 is 34.7 Å². The highest BCUT2D eigenvalue weighted by Gasteiger charge is 2.35. The molecule has 2 aliphatic heterocycles. The number of rotatable bonds is 4. The first-order valence-electron chi connectivity index (χ1n) is 9.47. The number of nitrogens with zero attached hydrogens (tertiary/aromatic N) is 3. The molecule has 27 heavy (non-hydrogen) atoms. The Balaban J connectivity index is 1.50. The number of hydrogen-bond donors (Lipinski definition) is 0. The van der Waals surface area contributed by atoms with Gasteiger partial charge in [0.25, 0.3) is 0 Å². The van der Waals surface area contributed by atoms with E-state index in [1.165, 1.54) is 21.2 Å². The van der Waals surface area contributed by atoms with Gasteiger partial charge in [0.05, 0.1) is 25.0 Å².